The van der Waals surface area contributed by atoms with Gasteiger partial charge in [-0.3, -0.25) is 4.90 Å². The average Bonchev–Trinajstić information content (AvgIpc) is 2.58. The second-order valence-corrected chi connectivity index (χ2v) is 5.05. The first-order valence-electron chi connectivity index (χ1n) is 6.03. The summed E-state index contributed by atoms with van der Waals surface area (Å²) in [5, 5.41) is 9.52. The SMILES string of the molecule is Cc1cc(C)c(CN2CC[C@H](O)C2)c(C)c1. The van der Waals surface area contributed by atoms with Crippen molar-refractivity contribution in [3.63, 3.8) is 0 Å². The zero-order valence-electron chi connectivity index (χ0n) is 10.5. The van der Waals surface area contributed by atoms with Crippen LogP contribution in [0, 0.1) is 20.8 Å². The van der Waals surface area contributed by atoms with Gasteiger partial charge < -0.3 is 5.11 Å². The minimum atomic E-state index is -0.119. The first kappa shape index (κ1) is 11.6. The van der Waals surface area contributed by atoms with Gasteiger partial charge in [0.15, 0.2) is 0 Å². The van der Waals surface area contributed by atoms with Gasteiger partial charge in [0.2, 0.25) is 0 Å². The molecule has 1 aromatic carbocycles. The highest BCUT2D eigenvalue weighted by Crippen LogP contribution is 2.20. The summed E-state index contributed by atoms with van der Waals surface area (Å²) in [6.45, 7) is 9.34. The largest absolute Gasteiger partial charge is 0.392 e. The zero-order valence-corrected chi connectivity index (χ0v) is 10.5. The van der Waals surface area contributed by atoms with Gasteiger partial charge in [-0.15, -0.1) is 0 Å². The Labute approximate surface area is 97.9 Å². The van der Waals surface area contributed by atoms with Crippen molar-refractivity contribution in [3.8, 4) is 0 Å². The van der Waals surface area contributed by atoms with Crippen molar-refractivity contribution in [1.29, 1.82) is 0 Å². The first-order chi connectivity index (χ1) is 7.56. The number of aryl methyl sites for hydroxylation is 3. The molecule has 1 fully saturated rings. The van der Waals surface area contributed by atoms with Gasteiger partial charge in [-0.25, -0.2) is 0 Å². The van der Waals surface area contributed by atoms with E-state index in [9.17, 15) is 5.11 Å². The van der Waals surface area contributed by atoms with Gasteiger partial charge in [0, 0.05) is 19.6 Å². The summed E-state index contributed by atoms with van der Waals surface area (Å²) < 4.78 is 0. The summed E-state index contributed by atoms with van der Waals surface area (Å²) in [7, 11) is 0. The van der Waals surface area contributed by atoms with Crippen LogP contribution in [0.5, 0.6) is 0 Å². The molecule has 0 unspecified atom stereocenters. The van der Waals surface area contributed by atoms with Gasteiger partial charge in [-0.2, -0.15) is 0 Å². The minimum absolute atomic E-state index is 0.119. The van der Waals surface area contributed by atoms with Crippen LogP contribution in [0.2, 0.25) is 0 Å². The molecule has 16 heavy (non-hydrogen) atoms. The van der Waals surface area contributed by atoms with E-state index in [-0.39, 0.29) is 6.10 Å². The van der Waals surface area contributed by atoms with Crippen molar-refractivity contribution in [2.24, 2.45) is 0 Å². The molecule has 2 nitrogen and oxygen atoms in total. The van der Waals surface area contributed by atoms with Crippen LogP contribution in [0.3, 0.4) is 0 Å². The molecular formula is C14H21NO. The molecule has 0 saturated carbocycles. The second-order valence-electron chi connectivity index (χ2n) is 5.05. The summed E-state index contributed by atoms with van der Waals surface area (Å²) in [4.78, 5) is 2.34. The molecule has 0 aliphatic carbocycles. The Morgan fingerprint density at radius 3 is 2.38 bits per heavy atom. The van der Waals surface area contributed by atoms with E-state index in [0.29, 0.717) is 0 Å². The molecule has 0 bridgehead atoms. The molecule has 2 rings (SSSR count). The number of hydrogen-bond acceptors (Lipinski definition) is 2. The third-order valence-electron chi connectivity index (χ3n) is 3.47. The Hall–Kier alpha value is -0.860. The topological polar surface area (TPSA) is 23.5 Å². The average molecular weight is 219 g/mol. The lowest BCUT2D eigenvalue weighted by Gasteiger charge is -2.19. The highest BCUT2D eigenvalue weighted by atomic mass is 16.3. The summed E-state index contributed by atoms with van der Waals surface area (Å²) in [6, 6.07) is 4.49. The van der Waals surface area contributed by atoms with Crippen molar-refractivity contribution < 1.29 is 5.11 Å². The number of aliphatic hydroxyl groups is 1. The number of benzene rings is 1. The van der Waals surface area contributed by atoms with E-state index in [4.69, 9.17) is 0 Å². The van der Waals surface area contributed by atoms with Gasteiger partial charge in [0.1, 0.15) is 0 Å². The van der Waals surface area contributed by atoms with Crippen LogP contribution in [0.25, 0.3) is 0 Å². The molecule has 1 aliphatic heterocycles. The molecule has 2 heteroatoms. The third-order valence-corrected chi connectivity index (χ3v) is 3.47. The Bertz CT molecular complexity index is 363. The second kappa shape index (κ2) is 4.56. The normalized spacial score (nSPS) is 21.6. The predicted octanol–water partition coefficient (Wildman–Crippen LogP) is 2.18. The monoisotopic (exact) mass is 219 g/mol. The number of rotatable bonds is 2. The Morgan fingerprint density at radius 2 is 1.88 bits per heavy atom. The molecule has 0 spiro atoms. The van der Waals surface area contributed by atoms with Crippen LogP contribution in [0.15, 0.2) is 12.1 Å². The molecule has 1 atom stereocenters. The van der Waals surface area contributed by atoms with Crippen molar-refractivity contribution in [2.75, 3.05) is 13.1 Å². The summed E-state index contributed by atoms with van der Waals surface area (Å²) in [5.41, 5.74) is 5.51. The van der Waals surface area contributed by atoms with E-state index < -0.39 is 0 Å². The number of likely N-dealkylation sites (tertiary alicyclic amines) is 1. The van der Waals surface area contributed by atoms with Crippen LogP contribution >= 0.6 is 0 Å². The molecule has 1 heterocycles. The summed E-state index contributed by atoms with van der Waals surface area (Å²) >= 11 is 0. The number of aliphatic hydroxyl groups excluding tert-OH is 1. The van der Waals surface area contributed by atoms with E-state index in [1.165, 1.54) is 22.3 Å². The lowest BCUT2D eigenvalue weighted by Crippen LogP contribution is -2.22. The van der Waals surface area contributed by atoms with Crippen molar-refractivity contribution in [1.82, 2.24) is 4.90 Å². The van der Waals surface area contributed by atoms with Gasteiger partial charge in [0.25, 0.3) is 0 Å². The quantitative estimate of drug-likeness (QED) is 0.824. The van der Waals surface area contributed by atoms with Crippen LogP contribution in [-0.4, -0.2) is 29.2 Å². The van der Waals surface area contributed by atoms with Crippen LogP contribution < -0.4 is 0 Å². The van der Waals surface area contributed by atoms with Crippen LogP contribution in [0.4, 0.5) is 0 Å². The van der Waals surface area contributed by atoms with E-state index in [0.717, 1.165) is 26.1 Å². The van der Waals surface area contributed by atoms with Crippen LogP contribution in [0.1, 0.15) is 28.7 Å². The summed E-state index contributed by atoms with van der Waals surface area (Å²) in [5.74, 6) is 0. The highest BCUT2D eigenvalue weighted by molar-refractivity contribution is 5.37. The first-order valence-corrected chi connectivity index (χ1v) is 6.03. The molecule has 88 valence electrons. The minimum Gasteiger partial charge on any atom is -0.392 e. The Kier molecular flexibility index (Phi) is 3.31. The van der Waals surface area contributed by atoms with E-state index in [1.54, 1.807) is 0 Å². The number of β-amino-alcohol motifs (C(OH)–C–C–N with tert-alkyl or cyclic N) is 1. The molecule has 1 N–H and O–H groups in total. The maximum Gasteiger partial charge on any atom is 0.0679 e. The fourth-order valence-electron chi connectivity index (χ4n) is 2.64. The van der Waals surface area contributed by atoms with E-state index in [1.807, 2.05) is 0 Å². The predicted molar refractivity (Wildman–Crippen MR) is 66.6 cm³/mol. The van der Waals surface area contributed by atoms with Crippen LogP contribution in [-0.2, 0) is 6.54 Å². The third kappa shape index (κ3) is 2.45. The molecular weight excluding hydrogens is 198 g/mol. The maximum atomic E-state index is 9.52. The fourth-order valence-corrected chi connectivity index (χ4v) is 2.64. The molecule has 1 aromatic rings. The van der Waals surface area contributed by atoms with Gasteiger partial charge >= 0.3 is 0 Å². The molecule has 1 aliphatic rings. The van der Waals surface area contributed by atoms with Gasteiger partial charge in [-0.1, -0.05) is 17.7 Å². The van der Waals surface area contributed by atoms with Crippen molar-refractivity contribution in [2.45, 2.75) is 39.8 Å². The zero-order chi connectivity index (χ0) is 11.7. The lowest BCUT2D eigenvalue weighted by molar-refractivity contribution is 0.174. The van der Waals surface area contributed by atoms with Crippen molar-refractivity contribution in [3.05, 3.63) is 34.4 Å². The summed E-state index contributed by atoms with van der Waals surface area (Å²) in [6.07, 6.45) is 0.801. The number of hydrogen-bond donors (Lipinski definition) is 1. The molecule has 0 amide bonds. The van der Waals surface area contributed by atoms with Gasteiger partial charge in [0.05, 0.1) is 6.10 Å². The van der Waals surface area contributed by atoms with Gasteiger partial charge in [-0.05, 0) is 43.9 Å². The van der Waals surface area contributed by atoms with E-state index in [2.05, 4.69) is 37.8 Å². The smallest absolute Gasteiger partial charge is 0.0679 e. The Balaban J connectivity index is 2.15. The molecule has 0 aromatic heterocycles. The number of nitrogens with zero attached hydrogens (tertiary/aromatic N) is 1. The highest BCUT2D eigenvalue weighted by Gasteiger charge is 2.20. The Morgan fingerprint density at radius 1 is 1.25 bits per heavy atom. The molecule has 0 radical (unpaired) electrons. The lowest BCUT2D eigenvalue weighted by atomic mass is 9.99. The molecule has 1 saturated heterocycles. The van der Waals surface area contributed by atoms with Crippen molar-refractivity contribution >= 4 is 0 Å². The van der Waals surface area contributed by atoms with E-state index >= 15 is 0 Å². The maximum absolute atomic E-state index is 9.52. The standard InChI is InChI=1S/C14H21NO/c1-10-6-11(2)14(12(3)7-10)9-15-5-4-13(16)8-15/h6-7,13,16H,4-5,8-9H2,1-3H3/t13-/m0/s1. The fraction of sp³-hybridized carbons (Fsp3) is 0.571.